The van der Waals surface area contributed by atoms with Gasteiger partial charge in [0, 0.05) is 13.0 Å². The number of phenols is 1. The predicted octanol–water partition coefficient (Wildman–Crippen LogP) is -1.72. The average molecular weight is 552 g/mol. The van der Waals surface area contributed by atoms with Crippen LogP contribution in [0.15, 0.2) is 29.3 Å². The molecule has 1 rings (SSSR count). The molecule has 0 fully saturated rings. The van der Waals surface area contributed by atoms with E-state index in [-0.39, 0.29) is 43.4 Å². The number of aliphatic imine (C=N–C) groups is 1. The minimum Gasteiger partial charge on any atom is -0.508 e. The van der Waals surface area contributed by atoms with Gasteiger partial charge in [-0.15, -0.1) is 0 Å². The van der Waals surface area contributed by atoms with Gasteiger partial charge in [-0.2, -0.15) is 0 Å². The van der Waals surface area contributed by atoms with Crippen LogP contribution in [-0.4, -0.2) is 81.8 Å². The number of benzene rings is 1. The van der Waals surface area contributed by atoms with Gasteiger partial charge in [0.05, 0.1) is 12.1 Å². The van der Waals surface area contributed by atoms with Crippen LogP contribution in [0.4, 0.5) is 0 Å². The first kappa shape index (κ1) is 33.1. The Morgan fingerprint density at radius 3 is 2.05 bits per heavy atom. The summed E-state index contributed by atoms with van der Waals surface area (Å²) >= 11 is 0. The topological polar surface area (TPSA) is 255 Å². The number of aliphatic hydroxyl groups is 1. The number of nitrogens with two attached hydrogens (primary N) is 3. The van der Waals surface area contributed by atoms with Crippen molar-refractivity contribution in [2.24, 2.45) is 28.1 Å². The van der Waals surface area contributed by atoms with Gasteiger partial charge in [0.25, 0.3) is 0 Å². The number of amides is 3. The summed E-state index contributed by atoms with van der Waals surface area (Å²) in [7, 11) is 0. The summed E-state index contributed by atoms with van der Waals surface area (Å²) in [6.07, 6.45) is -0.531. The SMILES string of the molecule is CC[C@H](C)[C@H](N)C(=O)N[C@H](C(=O)N[C@@H](CCCN=C(N)N)C(=O)N[C@@H](Cc1ccc(O)cc1)C(=O)O)[C@@H](C)O. The molecule has 1 aromatic carbocycles. The van der Waals surface area contributed by atoms with Crippen LogP contribution in [-0.2, 0) is 25.6 Å². The van der Waals surface area contributed by atoms with Gasteiger partial charge in [0.15, 0.2) is 5.96 Å². The maximum absolute atomic E-state index is 13.1. The second-order valence-corrected chi connectivity index (χ2v) is 9.42. The van der Waals surface area contributed by atoms with Crippen molar-refractivity contribution >= 4 is 29.7 Å². The number of hydrogen-bond acceptors (Lipinski definition) is 8. The molecule has 0 unspecified atom stereocenters. The molecule has 0 spiro atoms. The number of nitrogens with zero attached hydrogens (tertiary/aromatic N) is 1. The lowest BCUT2D eigenvalue weighted by Gasteiger charge is -2.27. The highest BCUT2D eigenvalue weighted by atomic mass is 16.4. The zero-order valence-electron chi connectivity index (χ0n) is 22.5. The highest BCUT2D eigenvalue weighted by molar-refractivity contribution is 5.94. The fourth-order valence-electron chi connectivity index (χ4n) is 3.54. The number of carboxylic acid groups (broad SMARTS) is 1. The first-order valence-electron chi connectivity index (χ1n) is 12.7. The molecule has 0 bridgehead atoms. The minimum absolute atomic E-state index is 0.00285. The molecule has 0 saturated carbocycles. The Hall–Kier alpha value is -3.91. The molecule has 0 saturated heterocycles. The molecule has 14 heteroatoms. The van der Waals surface area contributed by atoms with E-state index in [0.29, 0.717) is 12.0 Å². The fourth-order valence-corrected chi connectivity index (χ4v) is 3.54. The lowest BCUT2D eigenvalue weighted by molar-refractivity contribution is -0.142. The molecular weight excluding hydrogens is 510 g/mol. The van der Waals surface area contributed by atoms with Gasteiger partial charge in [0.2, 0.25) is 17.7 Å². The summed E-state index contributed by atoms with van der Waals surface area (Å²) in [5.74, 6) is -3.95. The van der Waals surface area contributed by atoms with Gasteiger partial charge in [-0.05, 0) is 43.4 Å². The van der Waals surface area contributed by atoms with Crippen LogP contribution in [0.1, 0.15) is 45.6 Å². The molecule has 12 N–H and O–H groups in total. The Labute approximate surface area is 227 Å². The van der Waals surface area contributed by atoms with E-state index in [9.17, 15) is 34.5 Å². The van der Waals surface area contributed by atoms with Gasteiger partial charge in [-0.25, -0.2) is 4.79 Å². The van der Waals surface area contributed by atoms with Gasteiger partial charge in [-0.1, -0.05) is 32.4 Å². The number of carbonyl (C=O) groups is 4. The van der Waals surface area contributed by atoms with Crippen molar-refractivity contribution in [3.05, 3.63) is 29.8 Å². The molecular formula is C25H41N7O7. The smallest absolute Gasteiger partial charge is 0.326 e. The van der Waals surface area contributed by atoms with Crippen LogP contribution in [0, 0.1) is 5.92 Å². The second kappa shape index (κ2) is 16.1. The molecule has 0 radical (unpaired) electrons. The summed E-state index contributed by atoms with van der Waals surface area (Å²) in [5.41, 5.74) is 17.1. The van der Waals surface area contributed by atoms with E-state index < -0.39 is 54.0 Å². The molecule has 6 atom stereocenters. The number of guanidine groups is 1. The van der Waals surface area contributed by atoms with Gasteiger partial charge in [-0.3, -0.25) is 19.4 Å². The molecule has 39 heavy (non-hydrogen) atoms. The summed E-state index contributed by atoms with van der Waals surface area (Å²) < 4.78 is 0. The van der Waals surface area contributed by atoms with Crippen molar-refractivity contribution in [1.82, 2.24) is 16.0 Å². The van der Waals surface area contributed by atoms with Crippen LogP contribution in [0.2, 0.25) is 0 Å². The third-order valence-corrected chi connectivity index (χ3v) is 6.19. The molecule has 0 aromatic heterocycles. The Morgan fingerprint density at radius 1 is 0.949 bits per heavy atom. The van der Waals surface area contributed by atoms with E-state index in [1.54, 1.807) is 6.92 Å². The van der Waals surface area contributed by atoms with E-state index in [4.69, 9.17) is 17.2 Å². The Morgan fingerprint density at radius 2 is 1.54 bits per heavy atom. The molecule has 0 heterocycles. The van der Waals surface area contributed by atoms with Crippen molar-refractivity contribution in [3.8, 4) is 5.75 Å². The largest absolute Gasteiger partial charge is 0.508 e. The minimum atomic E-state index is -1.42. The van der Waals surface area contributed by atoms with Crippen LogP contribution in [0.5, 0.6) is 5.75 Å². The Bertz CT molecular complexity index is 997. The number of carboxylic acids is 1. The fraction of sp³-hybridized carbons (Fsp3) is 0.560. The predicted molar refractivity (Wildman–Crippen MR) is 144 cm³/mol. The molecule has 0 aliphatic carbocycles. The van der Waals surface area contributed by atoms with Crippen LogP contribution in [0.25, 0.3) is 0 Å². The van der Waals surface area contributed by atoms with Crippen molar-refractivity contribution in [3.63, 3.8) is 0 Å². The Kier molecular flexibility index (Phi) is 13.7. The first-order valence-corrected chi connectivity index (χ1v) is 12.7. The van der Waals surface area contributed by atoms with Gasteiger partial charge in [0.1, 0.15) is 23.9 Å². The summed E-state index contributed by atoms with van der Waals surface area (Å²) in [6.45, 7) is 5.06. The van der Waals surface area contributed by atoms with E-state index >= 15 is 0 Å². The standard InChI is InChI=1S/C25H41N7O7/c1-4-13(2)19(26)22(36)32-20(14(3)33)23(37)30-17(6-5-11-29-25(27)28)21(35)31-18(24(38)39)12-15-7-9-16(34)10-8-15/h7-10,13-14,17-20,33-34H,4-6,11-12,26H2,1-3H3,(H,30,37)(H,31,35)(H,32,36)(H,38,39)(H4,27,28,29)/t13-,14+,17-,18-,19-,20-/m0/s1. The number of nitrogens with one attached hydrogen (secondary N) is 3. The molecule has 0 aliphatic heterocycles. The second-order valence-electron chi connectivity index (χ2n) is 9.42. The third kappa shape index (κ3) is 11.6. The maximum atomic E-state index is 13.1. The number of phenolic OH excluding ortho intramolecular Hbond substituents is 1. The zero-order valence-corrected chi connectivity index (χ0v) is 22.5. The van der Waals surface area contributed by atoms with Crippen LogP contribution >= 0.6 is 0 Å². The van der Waals surface area contributed by atoms with Gasteiger partial charge < -0.3 is 48.5 Å². The van der Waals surface area contributed by atoms with Crippen molar-refractivity contribution in [2.75, 3.05) is 6.54 Å². The number of carbonyl (C=O) groups excluding carboxylic acids is 3. The van der Waals surface area contributed by atoms with E-state index in [2.05, 4.69) is 20.9 Å². The highest BCUT2D eigenvalue weighted by Gasteiger charge is 2.33. The number of aliphatic carboxylic acids is 1. The normalized spacial score (nSPS) is 15.5. The maximum Gasteiger partial charge on any atom is 0.326 e. The van der Waals surface area contributed by atoms with Crippen molar-refractivity contribution in [2.45, 2.75) is 76.7 Å². The number of aliphatic hydroxyl groups excluding tert-OH is 1. The molecule has 0 aliphatic rings. The lowest BCUT2D eigenvalue weighted by atomic mass is 9.98. The van der Waals surface area contributed by atoms with Crippen LogP contribution in [0.3, 0.4) is 0 Å². The summed E-state index contributed by atoms with van der Waals surface area (Å²) in [5, 5.41) is 36.6. The summed E-state index contributed by atoms with van der Waals surface area (Å²) in [4.78, 5) is 54.4. The van der Waals surface area contributed by atoms with Crippen LogP contribution < -0.4 is 33.2 Å². The van der Waals surface area contributed by atoms with Gasteiger partial charge >= 0.3 is 5.97 Å². The quantitative estimate of drug-likeness (QED) is 0.0638. The van der Waals surface area contributed by atoms with E-state index in [1.807, 2.05) is 6.92 Å². The van der Waals surface area contributed by atoms with E-state index in [0.717, 1.165) is 0 Å². The van der Waals surface area contributed by atoms with E-state index in [1.165, 1.54) is 31.2 Å². The monoisotopic (exact) mass is 551 g/mol. The lowest BCUT2D eigenvalue weighted by Crippen LogP contribution is -2.60. The number of hydrogen-bond donors (Lipinski definition) is 9. The average Bonchev–Trinajstić information content (AvgIpc) is 2.87. The Balaban J connectivity index is 3.07. The van der Waals surface area contributed by atoms with Crippen molar-refractivity contribution < 1.29 is 34.5 Å². The zero-order chi connectivity index (χ0) is 29.7. The third-order valence-electron chi connectivity index (χ3n) is 6.19. The molecule has 3 amide bonds. The highest BCUT2D eigenvalue weighted by Crippen LogP contribution is 2.12. The molecule has 14 nitrogen and oxygen atoms in total. The van der Waals surface area contributed by atoms with Crippen molar-refractivity contribution in [1.29, 1.82) is 0 Å². The first-order chi connectivity index (χ1) is 18.3. The number of aromatic hydroxyl groups is 1. The molecule has 218 valence electrons. The summed E-state index contributed by atoms with van der Waals surface area (Å²) in [6, 6.07) is 0.889. The molecule has 1 aromatic rings. The number of rotatable bonds is 16.